The van der Waals surface area contributed by atoms with Gasteiger partial charge in [-0.2, -0.15) is 5.26 Å². The minimum Gasteiger partial charge on any atom is -0.497 e. The summed E-state index contributed by atoms with van der Waals surface area (Å²) in [6.07, 6.45) is 2.78. The Morgan fingerprint density at radius 2 is 2.08 bits per heavy atom. The number of rotatable bonds is 3. The Labute approximate surface area is 156 Å². The molecule has 1 aliphatic rings. The Morgan fingerprint density at radius 1 is 1.36 bits per heavy atom. The highest BCUT2D eigenvalue weighted by Gasteiger charge is 2.23. The largest absolute Gasteiger partial charge is 0.497 e. The maximum Gasteiger partial charge on any atom is 0.256 e. The van der Waals surface area contributed by atoms with Crippen LogP contribution >= 0.6 is 23.6 Å². The predicted octanol–water partition coefficient (Wildman–Crippen LogP) is 4.73. The fourth-order valence-corrected chi connectivity index (χ4v) is 4.45. The molecular weight excluding hydrogens is 352 g/mol. The van der Waals surface area contributed by atoms with Crippen LogP contribution < -0.4 is 10.1 Å². The molecule has 0 radical (unpaired) electrons. The van der Waals surface area contributed by atoms with Crippen molar-refractivity contribution in [2.75, 3.05) is 12.4 Å². The summed E-state index contributed by atoms with van der Waals surface area (Å²) in [5.74, 6) is 1.01. The number of nitrogens with zero attached hydrogens (tertiary/aromatic N) is 1. The molecule has 1 aromatic heterocycles. The van der Waals surface area contributed by atoms with E-state index in [1.807, 2.05) is 0 Å². The van der Waals surface area contributed by atoms with E-state index < -0.39 is 0 Å². The van der Waals surface area contributed by atoms with Crippen LogP contribution in [0.1, 0.15) is 40.4 Å². The van der Waals surface area contributed by atoms with Crippen LogP contribution in [0, 0.1) is 21.1 Å². The van der Waals surface area contributed by atoms with Crippen molar-refractivity contribution in [3.05, 3.63) is 50.3 Å². The third-order valence-corrected chi connectivity index (χ3v) is 5.90. The van der Waals surface area contributed by atoms with Crippen LogP contribution in [0.25, 0.3) is 0 Å². The zero-order valence-electron chi connectivity index (χ0n) is 14.1. The van der Waals surface area contributed by atoms with Gasteiger partial charge in [0.15, 0.2) is 0 Å². The molecule has 0 spiro atoms. The van der Waals surface area contributed by atoms with E-state index in [0.29, 0.717) is 27.8 Å². The molecule has 2 aromatic rings. The molecule has 1 amide bonds. The first-order valence-electron chi connectivity index (χ1n) is 8.07. The molecule has 128 valence electrons. The van der Waals surface area contributed by atoms with Crippen molar-refractivity contribution in [3.8, 4) is 11.8 Å². The Bertz CT molecular complexity index is 911. The lowest BCUT2D eigenvalue weighted by molar-refractivity contribution is 0.102. The van der Waals surface area contributed by atoms with E-state index in [2.05, 4.69) is 18.3 Å². The Morgan fingerprint density at radius 3 is 2.72 bits per heavy atom. The normalized spacial score (nSPS) is 15.8. The van der Waals surface area contributed by atoms with Gasteiger partial charge < -0.3 is 10.1 Å². The zero-order valence-corrected chi connectivity index (χ0v) is 15.7. The Balaban J connectivity index is 1.94. The number of nitrogens with one attached hydrogen (secondary N) is 1. The second-order valence-electron chi connectivity index (χ2n) is 6.19. The molecule has 1 aliphatic carbocycles. The number of methoxy groups -OCH3 is 1. The summed E-state index contributed by atoms with van der Waals surface area (Å²) < 4.78 is 5.87. The number of anilines is 1. The average molecular weight is 370 g/mol. The SMILES string of the molecule is COc1ccc(C(=O)Nc2sc(=S)c3c(c2C#N)CCC(C)C3)cc1. The minimum absolute atomic E-state index is 0.256. The van der Waals surface area contributed by atoms with Crippen molar-refractivity contribution in [2.24, 2.45) is 5.92 Å². The lowest BCUT2D eigenvalue weighted by atomic mass is 9.85. The topological polar surface area (TPSA) is 62.1 Å². The summed E-state index contributed by atoms with van der Waals surface area (Å²) in [6.45, 7) is 2.20. The van der Waals surface area contributed by atoms with Gasteiger partial charge >= 0.3 is 0 Å². The zero-order chi connectivity index (χ0) is 18.0. The first-order chi connectivity index (χ1) is 12.0. The number of benzene rings is 1. The lowest BCUT2D eigenvalue weighted by Crippen LogP contribution is -2.16. The second kappa shape index (κ2) is 7.34. The van der Waals surface area contributed by atoms with Gasteiger partial charge in [0.2, 0.25) is 0 Å². The van der Waals surface area contributed by atoms with Crippen molar-refractivity contribution in [1.29, 1.82) is 5.26 Å². The molecule has 1 N–H and O–H groups in total. The molecule has 1 aromatic carbocycles. The Hall–Kier alpha value is -2.23. The first-order valence-corrected chi connectivity index (χ1v) is 9.30. The highest BCUT2D eigenvalue weighted by atomic mass is 32.1. The number of nitriles is 1. The molecule has 0 saturated carbocycles. The van der Waals surface area contributed by atoms with Gasteiger partial charge in [-0.3, -0.25) is 4.79 Å². The summed E-state index contributed by atoms with van der Waals surface area (Å²) in [5.41, 5.74) is 3.18. The number of carbonyl (C=O) groups excluding carboxylic acids is 1. The van der Waals surface area contributed by atoms with E-state index in [-0.39, 0.29) is 5.91 Å². The van der Waals surface area contributed by atoms with Gasteiger partial charge in [0.25, 0.3) is 5.91 Å². The maximum absolute atomic E-state index is 12.5. The number of hydrogen-bond donors (Lipinski definition) is 1. The minimum atomic E-state index is -0.256. The van der Waals surface area contributed by atoms with Crippen LogP contribution in [0.5, 0.6) is 5.75 Å². The standard InChI is InChI=1S/C19H18N2O2S2/c1-11-3-8-14-15(9-11)19(24)25-18(16(14)10-20)21-17(22)12-4-6-13(23-2)7-5-12/h4-7,11H,3,8-9H2,1-2H3,(H,21,22). The van der Waals surface area contributed by atoms with Gasteiger partial charge in [0.05, 0.1) is 16.5 Å². The van der Waals surface area contributed by atoms with Crippen LogP contribution in [-0.4, -0.2) is 13.0 Å². The number of amides is 1. The van der Waals surface area contributed by atoms with Gasteiger partial charge in [-0.25, -0.2) is 0 Å². The summed E-state index contributed by atoms with van der Waals surface area (Å²) in [4.78, 5) is 12.5. The average Bonchev–Trinajstić information content (AvgIpc) is 2.62. The molecular formula is C19H18N2O2S2. The lowest BCUT2D eigenvalue weighted by Gasteiger charge is -2.23. The van der Waals surface area contributed by atoms with E-state index in [9.17, 15) is 10.1 Å². The van der Waals surface area contributed by atoms with Crippen LogP contribution in [0.3, 0.4) is 0 Å². The first kappa shape index (κ1) is 17.6. The van der Waals surface area contributed by atoms with Crippen LogP contribution in [0.2, 0.25) is 0 Å². The predicted molar refractivity (Wildman–Crippen MR) is 102 cm³/mol. The molecule has 3 rings (SSSR count). The molecule has 4 nitrogen and oxygen atoms in total. The molecule has 25 heavy (non-hydrogen) atoms. The molecule has 0 bridgehead atoms. The van der Waals surface area contributed by atoms with Gasteiger partial charge in [-0.1, -0.05) is 19.1 Å². The summed E-state index contributed by atoms with van der Waals surface area (Å²) in [5, 5.41) is 13.0. The van der Waals surface area contributed by atoms with E-state index >= 15 is 0 Å². The third kappa shape index (κ3) is 3.58. The van der Waals surface area contributed by atoms with Gasteiger partial charge in [0, 0.05) is 5.56 Å². The number of fused-ring (bicyclic) bond motifs is 1. The fourth-order valence-electron chi connectivity index (χ4n) is 3.06. The summed E-state index contributed by atoms with van der Waals surface area (Å²) in [6, 6.07) is 9.12. The van der Waals surface area contributed by atoms with Crippen LogP contribution in [-0.2, 0) is 12.8 Å². The molecule has 0 fully saturated rings. The quantitative estimate of drug-likeness (QED) is 0.793. The van der Waals surface area contributed by atoms with E-state index in [1.165, 1.54) is 11.3 Å². The maximum atomic E-state index is 12.5. The summed E-state index contributed by atoms with van der Waals surface area (Å²) in [7, 11) is 1.58. The van der Waals surface area contributed by atoms with Crippen molar-refractivity contribution in [3.63, 3.8) is 0 Å². The highest BCUT2D eigenvalue weighted by molar-refractivity contribution is 7.73. The smallest absolute Gasteiger partial charge is 0.256 e. The van der Waals surface area contributed by atoms with Gasteiger partial charge in [-0.15, -0.1) is 11.3 Å². The van der Waals surface area contributed by atoms with Crippen LogP contribution in [0.15, 0.2) is 24.3 Å². The fraction of sp³-hybridized carbons (Fsp3) is 0.316. The number of hydrogen-bond acceptors (Lipinski definition) is 5. The highest BCUT2D eigenvalue weighted by Crippen LogP contribution is 2.36. The molecule has 0 aliphatic heterocycles. The Kier molecular flexibility index (Phi) is 5.16. The van der Waals surface area contributed by atoms with Crippen LogP contribution in [0.4, 0.5) is 5.00 Å². The van der Waals surface area contributed by atoms with E-state index in [1.54, 1.807) is 31.4 Å². The number of carbonyl (C=O) groups is 1. The summed E-state index contributed by atoms with van der Waals surface area (Å²) >= 11 is 6.84. The molecule has 0 saturated heterocycles. The molecule has 6 heteroatoms. The monoisotopic (exact) mass is 370 g/mol. The van der Waals surface area contributed by atoms with E-state index in [4.69, 9.17) is 17.0 Å². The van der Waals surface area contributed by atoms with Crippen molar-refractivity contribution < 1.29 is 9.53 Å². The van der Waals surface area contributed by atoms with Gasteiger partial charge in [0.1, 0.15) is 16.8 Å². The van der Waals surface area contributed by atoms with Gasteiger partial charge in [-0.05, 0) is 60.6 Å². The van der Waals surface area contributed by atoms with Crippen molar-refractivity contribution >= 4 is 34.5 Å². The van der Waals surface area contributed by atoms with E-state index in [0.717, 1.165) is 34.2 Å². The number of ether oxygens (including phenoxy) is 1. The second-order valence-corrected chi connectivity index (χ2v) is 7.88. The molecule has 1 atom stereocenters. The molecule has 1 unspecified atom stereocenters. The molecule has 1 heterocycles. The van der Waals surface area contributed by atoms with Crippen molar-refractivity contribution in [2.45, 2.75) is 26.2 Å². The van der Waals surface area contributed by atoms with Crippen molar-refractivity contribution in [1.82, 2.24) is 0 Å². The third-order valence-electron chi connectivity index (χ3n) is 4.47.